The molecular weight excluding hydrogens is 349 g/mol. The van der Waals surface area contributed by atoms with Gasteiger partial charge in [-0.15, -0.1) is 13.2 Å². The van der Waals surface area contributed by atoms with Crippen molar-refractivity contribution in [3.05, 3.63) is 22.7 Å². The van der Waals surface area contributed by atoms with Gasteiger partial charge >= 0.3 is 6.36 Å². The van der Waals surface area contributed by atoms with Crippen LogP contribution in [0.2, 0.25) is 0 Å². The first kappa shape index (κ1) is 16.4. The van der Waals surface area contributed by atoms with Gasteiger partial charge in [0.15, 0.2) is 0 Å². The summed E-state index contributed by atoms with van der Waals surface area (Å²) in [6.07, 6.45) is -1.48. The van der Waals surface area contributed by atoms with Gasteiger partial charge in [0.25, 0.3) is 0 Å². The molecule has 0 saturated carbocycles. The van der Waals surface area contributed by atoms with Crippen LogP contribution in [0.1, 0.15) is 19.3 Å². The lowest BCUT2D eigenvalue weighted by molar-refractivity contribution is -0.274. The largest absolute Gasteiger partial charge is 0.573 e. The van der Waals surface area contributed by atoms with E-state index in [1.54, 1.807) is 12.1 Å². The second-order valence-corrected chi connectivity index (χ2v) is 6.12. The van der Waals surface area contributed by atoms with Crippen molar-refractivity contribution in [1.29, 1.82) is 0 Å². The van der Waals surface area contributed by atoms with Crippen LogP contribution in [-0.4, -0.2) is 37.4 Å². The first-order chi connectivity index (χ1) is 9.83. The van der Waals surface area contributed by atoms with Gasteiger partial charge in [-0.05, 0) is 73.5 Å². The van der Waals surface area contributed by atoms with Crippen molar-refractivity contribution in [2.75, 3.05) is 25.5 Å². The molecule has 1 saturated heterocycles. The van der Waals surface area contributed by atoms with E-state index in [-0.39, 0.29) is 10.2 Å². The predicted octanol–water partition coefficient (Wildman–Crippen LogP) is 4.24. The fourth-order valence-corrected chi connectivity index (χ4v) is 2.88. The Bertz CT molecular complexity index is 482. The zero-order valence-corrected chi connectivity index (χ0v) is 13.3. The number of anilines is 1. The molecule has 0 aromatic heterocycles. The van der Waals surface area contributed by atoms with Crippen LogP contribution < -0.4 is 10.1 Å². The zero-order valence-electron chi connectivity index (χ0n) is 11.7. The molecule has 0 amide bonds. The smallest absolute Gasteiger partial charge is 0.405 e. The minimum absolute atomic E-state index is 0.228. The van der Waals surface area contributed by atoms with Gasteiger partial charge in [0.1, 0.15) is 5.75 Å². The van der Waals surface area contributed by atoms with Gasteiger partial charge < -0.3 is 15.0 Å². The standard InChI is InChI=1S/C14H18BrF3N2O/c1-20-7-2-3-10(6-8-20)19-11-4-5-13(12(15)9-11)21-14(16,17)18/h4-5,9-10,19H,2-3,6-8H2,1H3. The Morgan fingerprint density at radius 3 is 2.71 bits per heavy atom. The lowest BCUT2D eigenvalue weighted by Crippen LogP contribution is -2.23. The predicted molar refractivity (Wildman–Crippen MR) is 79.6 cm³/mol. The molecule has 0 aliphatic carbocycles. The van der Waals surface area contributed by atoms with E-state index < -0.39 is 6.36 Å². The molecule has 1 aliphatic heterocycles. The van der Waals surface area contributed by atoms with Crippen molar-refractivity contribution in [2.45, 2.75) is 31.7 Å². The summed E-state index contributed by atoms with van der Waals surface area (Å²) in [5.41, 5.74) is 0.797. The highest BCUT2D eigenvalue weighted by molar-refractivity contribution is 9.10. The summed E-state index contributed by atoms with van der Waals surface area (Å²) in [6, 6.07) is 4.90. The van der Waals surface area contributed by atoms with Crippen LogP contribution in [0.25, 0.3) is 0 Å². The van der Waals surface area contributed by atoms with Crippen LogP contribution in [0.5, 0.6) is 5.75 Å². The Morgan fingerprint density at radius 2 is 2.05 bits per heavy atom. The summed E-state index contributed by atoms with van der Waals surface area (Å²) in [7, 11) is 2.10. The molecule has 7 heteroatoms. The lowest BCUT2D eigenvalue weighted by Gasteiger charge is -2.19. The average Bonchev–Trinajstić information content (AvgIpc) is 2.57. The van der Waals surface area contributed by atoms with Crippen molar-refractivity contribution in [2.24, 2.45) is 0 Å². The second kappa shape index (κ2) is 6.87. The summed E-state index contributed by atoms with van der Waals surface area (Å²) in [5.74, 6) is -0.228. The molecule has 0 radical (unpaired) electrons. The lowest BCUT2D eigenvalue weighted by atomic mass is 10.1. The van der Waals surface area contributed by atoms with Gasteiger partial charge in [-0.1, -0.05) is 0 Å². The normalized spacial score (nSPS) is 20.9. The monoisotopic (exact) mass is 366 g/mol. The van der Waals surface area contributed by atoms with Gasteiger partial charge in [0.05, 0.1) is 4.47 Å². The number of halogens is 4. The van der Waals surface area contributed by atoms with E-state index in [1.165, 1.54) is 6.07 Å². The molecule has 1 unspecified atom stereocenters. The molecule has 3 nitrogen and oxygen atoms in total. The maximum absolute atomic E-state index is 12.2. The highest BCUT2D eigenvalue weighted by Gasteiger charge is 2.32. The average molecular weight is 367 g/mol. The summed E-state index contributed by atoms with van der Waals surface area (Å²) in [5, 5.41) is 3.38. The van der Waals surface area contributed by atoms with Crippen LogP contribution in [-0.2, 0) is 0 Å². The molecular formula is C14H18BrF3N2O. The molecule has 1 fully saturated rings. The molecule has 21 heavy (non-hydrogen) atoms. The molecule has 0 bridgehead atoms. The van der Waals surface area contributed by atoms with Crippen LogP contribution >= 0.6 is 15.9 Å². The van der Waals surface area contributed by atoms with E-state index in [9.17, 15) is 13.2 Å². The fraction of sp³-hybridized carbons (Fsp3) is 0.571. The Labute approximate surface area is 130 Å². The number of ether oxygens (including phenoxy) is 1. The van der Waals surface area contributed by atoms with Crippen LogP contribution in [0, 0.1) is 0 Å². The first-order valence-corrected chi connectivity index (χ1v) is 7.63. The molecule has 1 aromatic rings. The molecule has 118 valence electrons. The van der Waals surface area contributed by atoms with E-state index in [1.807, 2.05) is 0 Å². The maximum atomic E-state index is 12.2. The second-order valence-electron chi connectivity index (χ2n) is 5.27. The van der Waals surface area contributed by atoms with E-state index in [2.05, 4.69) is 37.9 Å². The quantitative estimate of drug-likeness (QED) is 0.865. The zero-order chi connectivity index (χ0) is 15.5. The highest BCUT2D eigenvalue weighted by Crippen LogP contribution is 2.33. The molecule has 1 atom stereocenters. The third-order valence-corrected chi connectivity index (χ3v) is 4.10. The van der Waals surface area contributed by atoms with Crippen molar-refractivity contribution >= 4 is 21.6 Å². The SMILES string of the molecule is CN1CCCC(Nc2ccc(OC(F)(F)F)c(Br)c2)CC1. The van der Waals surface area contributed by atoms with Crippen LogP contribution in [0.3, 0.4) is 0 Å². The van der Waals surface area contributed by atoms with Crippen molar-refractivity contribution < 1.29 is 17.9 Å². The van der Waals surface area contributed by atoms with Gasteiger partial charge in [-0.2, -0.15) is 0 Å². The topological polar surface area (TPSA) is 24.5 Å². The van der Waals surface area contributed by atoms with Gasteiger partial charge in [-0.3, -0.25) is 0 Å². The van der Waals surface area contributed by atoms with E-state index in [0.29, 0.717) is 6.04 Å². The summed E-state index contributed by atoms with van der Waals surface area (Å²) in [4.78, 5) is 2.29. The number of hydrogen-bond donors (Lipinski definition) is 1. The molecule has 1 aliphatic rings. The third-order valence-electron chi connectivity index (χ3n) is 3.48. The Hall–Kier alpha value is -0.950. The summed E-state index contributed by atoms with van der Waals surface area (Å²) >= 11 is 3.12. The molecule has 1 aromatic carbocycles. The number of rotatable bonds is 3. The third kappa shape index (κ3) is 5.39. The first-order valence-electron chi connectivity index (χ1n) is 6.84. The minimum atomic E-state index is -4.68. The Morgan fingerprint density at radius 1 is 1.29 bits per heavy atom. The fourth-order valence-electron chi connectivity index (χ4n) is 2.42. The Kier molecular flexibility index (Phi) is 5.37. The Balaban J connectivity index is 1.99. The number of alkyl halides is 3. The molecule has 0 spiro atoms. The highest BCUT2D eigenvalue weighted by atomic mass is 79.9. The van der Waals surface area contributed by atoms with Crippen LogP contribution in [0.15, 0.2) is 22.7 Å². The maximum Gasteiger partial charge on any atom is 0.573 e. The molecule has 2 rings (SSSR count). The number of benzene rings is 1. The summed E-state index contributed by atoms with van der Waals surface area (Å²) < 4.78 is 40.9. The molecule has 1 N–H and O–H groups in total. The number of nitrogens with one attached hydrogen (secondary N) is 1. The van der Waals surface area contributed by atoms with Crippen molar-refractivity contribution in [3.8, 4) is 5.75 Å². The number of likely N-dealkylation sites (tertiary alicyclic amines) is 1. The number of hydrogen-bond acceptors (Lipinski definition) is 3. The van der Waals surface area contributed by atoms with E-state index in [0.717, 1.165) is 38.0 Å². The van der Waals surface area contributed by atoms with Crippen molar-refractivity contribution in [1.82, 2.24) is 4.90 Å². The van der Waals surface area contributed by atoms with Gasteiger partial charge in [-0.25, -0.2) is 0 Å². The number of nitrogens with zero attached hydrogens (tertiary/aromatic N) is 1. The minimum Gasteiger partial charge on any atom is -0.405 e. The van der Waals surface area contributed by atoms with Gasteiger partial charge in [0, 0.05) is 11.7 Å². The van der Waals surface area contributed by atoms with Gasteiger partial charge in [0.2, 0.25) is 0 Å². The van der Waals surface area contributed by atoms with Crippen LogP contribution in [0.4, 0.5) is 18.9 Å². The summed E-state index contributed by atoms with van der Waals surface area (Å²) in [6.45, 7) is 2.11. The van der Waals surface area contributed by atoms with E-state index >= 15 is 0 Å². The molecule has 1 heterocycles. The van der Waals surface area contributed by atoms with E-state index in [4.69, 9.17) is 0 Å². The van der Waals surface area contributed by atoms with Crippen molar-refractivity contribution in [3.63, 3.8) is 0 Å².